The second kappa shape index (κ2) is 3.80. The second-order valence-electron chi connectivity index (χ2n) is 2.39. The van der Waals surface area contributed by atoms with Crippen LogP contribution in [0.1, 0.15) is 5.56 Å². The topological polar surface area (TPSA) is 43.1 Å². The van der Waals surface area contributed by atoms with Crippen molar-refractivity contribution in [2.45, 2.75) is 0 Å². The molecule has 13 heavy (non-hydrogen) atoms. The third-order valence-corrected chi connectivity index (χ3v) is 1.44. The molecule has 2 N–H and O–H groups in total. The van der Waals surface area contributed by atoms with Crippen molar-refractivity contribution in [3.63, 3.8) is 0 Å². The Morgan fingerprint density at radius 2 is 1.77 bits per heavy atom. The van der Waals surface area contributed by atoms with Crippen LogP contribution in [-0.4, -0.2) is 6.29 Å². The van der Waals surface area contributed by atoms with Gasteiger partial charge >= 0.3 is 0 Å². The lowest BCUT2D eigenvalue weighted by Crippen LogP contribution is -1.93. The third-order valence-electron chi connectivity index (χ3n) is 1.44. The predicted octanol–water partition coefficient (Wildman–Crippen LogP) is 1.76. The van der Waals surface area contributed by atoms with Gasteiger partial charge < -0.3 is 5.73 Å². The standard InChI is InChI=1S/C9H7F2NO/c10-8-4-6(12)5-9(11)7(8)2-1-3-13/h1-5H,12H2. The Morgan fingerprint density at radius 1 is 1.23 bits per heavy atom. The highest BCUT2D eigenvalue weighted by Crippen LogP contribution is 2.17. The van der Waals surface area contributed by atoms with Crippen molar-refractivity contribution in [1.29, 1.82) is 0 Å². The number of benzene rings is 1. The average Bonchev–Trinajstić information content (AvgIpc) is 2.02. The van der Waals surface area contributed by atoms with Gasteiger partial charge in [0, 0.05) is 11.3 Å². The molecular formula is C9H7F2NO. The summed E-state index contributed by atoms with van der Waals surface area (Å²) in [5, 5.41) is 0. The zero-order valence-corrected chi connectivity index (χ0v) is 6.63. The molecule has 0 aromatic heterocycles. The molecular weight excluding hydrogens is 176 g/mol. The highest BCUT2D eigenvalue weighted by Gasteiger charge is 2.06. The van der Waals surface area contributed by atoms with Crippen molar-refractivity contribution in [2.75, 3.05) is 5.73 Å². The molecule has 1 rings (SSSR count). The van der Waals surface area contributed by atoms with E-state index < -0.39 is 11.6 Å². The minimum atomic E-state index is -0.782. The minimum absolute atomic E-state index is 0.0123. The Morgan fingerprint density at radius 3 is 2.23 bits per heavy atom. The van der Waals surface area contributed by atoms with Crippen LogP contribution in [0.25, 0.3) is 6.08 Å². The zero-order valence-electron chi connectivity index (χ0n) is 6.63. The maximum Gasteiger partial charge on any atom is 0.142 e. The number of carbonyl (C=O) groups is 1. The molecule has 0 radical (unpaired) electrons. The summed E-state index contributed by atoms with van der Waals surface area (Å²) in [4.78, 5) is 9.91. The van der Waals surface area contributed by atoms with Gasteiger partial charge in [-0.25, -0.2) is 8.78 Å². The molecule has 0 aliphatic carbocycles. The number of aldehydes is 1. The quantitative estimate of drug-likeness (QED) is 0.431. The number of allylic oxidation sites excluding steroid dienone is 1. The number of halogens is 2. The van der Waals surface area contributed by atoms with Gasteiger partial charge in [0.1, 0.15) is 17.9 Å². The Bertz CT molecular complexity index is 338. The van der Waals surface area contributed by atoms with Gasteiger partial charge in [-0.1, -0.05) is 0 Å². The lowest BCUT2D eigenvalue weighted by Gasteiger charge is -2.00. The molecule has 0 heterocycles. The zero-order chi connectivity index (χ0) is 9.84. The van der Waals surface area contributed by atoms with Crippen LogP contribution >= 0.6 is 0 Å². The molecule has 0 aliphatic rings. The van der Waals surface area contributed by atoms with E-state index in [4.69, 9.17) is 5.73 Å². The fourth-order valence-electron chi connectivity index (χ4n) is 0.899. The molecule has 1 aromatic rings. The fourth-order valence-corrected chi connectivity index (χ4v) is 0.899. The molecule has 2 nitrogen and oxygen atoms in total. The summed E-state index contributed by atoms with van der Waals surface area (Å²) in [7, 11) is 0. The fraction of sp³-hybridized carbons (Fsp3) is 0. The molecule has 0 spiro atoms. The molecule has 0 saturated carbocycles. The van der Waals surface area contributed by atoms with Crippen LogP contribution < -0.4 is 5.73 Å². The molecule has 0 aliphatic heterocycles. The molecule has 0 atom stereocenters. The molecule has 0 saturated heterocycles. The molecule has 1 aromatic carbocycles. The van der Waals surface area contributed by atoms with E-state index >= 15 is 0 Å². The monoisotopic (exact) mass is 183 g/mol. The Labute approximate surface area is 73.7 Å². The number of nitrogens with two attached hydrogens (primary N) is 1. The summed E-state index contributed by atoms with van der Waals surface area (Å²) in [5.41, 5.74) is 4.93. The highest BCUT2D eigenvalue weighted by atomic mass is 19.1. The first-order chi connectivity index (χ1) is 6.15. The van der Waals surface area contributed by atoms with Gasteiger partial charge in [-0.2, -0.15) is 0 Å². The molecule has 4 heteroatoms. The number of hydrogen-bond donors (Lipinski definition) is 1. The van der Waals surface area contributed by atoms with Crippen molar-refractivity contribution < 1.29 is 13.6 Å². The molecule has 0 bridgehead atoms. The third kappa shape index (κ3) is 2.11. The first-order valence-corrected chi connectivity index (χ1v) is 3.51. The highest BCUT2D eigenvalue weighted by molar-refractivity contribution is 5.74. The van der Waals surface area contributed by atoms with Crippen molar-refractivity contribution in [3.8, 4) is 0 Å². The van der Waals surface area contributed by atoms with Crippen LogP contribution in [0.5, 0.6) is 0 Å². The lowest BCUT2D eigenvalue weighted by molar-refractivity contribution is -0.104. The van der Waals surface area contributed by atoms with E-state index in [9.17, 15) is 13.6 Å². The van der Waals surface area contributed by atoms with Gasteiger partial charge in [0.05, 0.1) is 0 Å². The van der Waals surface area contributed by atoms with E-state index in [-0.39, 0.29) is 11.3 Å². The SMILES string of the molecule is Nc1cc(F)c(C=CC=O)c(F)c1. The summed E-state index contributed by atoms with van der Waals surface area (Å²) in [6, 6.07) is 1.99. The lowest BCUT2D eigenvalue weighted by atomic mass is 10.1. The molecule has 68 valence electrons. The molecule has 0 fully saturated rings. The van der Waals surface area contributed by atoms with Crippen molar-refractivity contribution in [2.24, 2.45) is 0 Å². The van der Waals surface area contributed by atoms with Crippen LogP contribution in [0.4, 0.5) is 14.5 Å². The summed E-state index contributed by atoms with van der Waals surface area (Å²) in [6.45, 7) is 0. The van der Waals surface area contributed by atoms with Gasteiger partial charge in [0.25, 0.3) is 0 Å². The van der Waals surface area contributed by atoms with Crippen LogP contribution in [0.15, 0.2) is 18.2 Å². The van der Waals surface area contributed by atoms with Crippen LogP contribution in [0.2, 0.25) is 0 Å². The Balaban J connectivity index is 3.20. The van der Waals surface area contributed by atoms with E-state index in [0.29, 0.717) is 6.29 Å². The maximum absolute atomic E-state index is 12.9. The van der Waals surface area contributed by atoms with Gasteiger partial charge in [0.15, 0.2) is 0 Å². The minimum Gasteiger partial charge on any atom is -0.399 e. The first kappa shape index (κ1) is 9.38. The van der Waals surface area contributed by atoms with Gasteiger partial charge in [-0.15, -0.1) is 0 Å². The van der Waals surface area contributed by atoms with Crippen LogP contribution in [0, 0.1) is 11.6 Å². The van der Waals surface area contributed by atoms with Crippen LogP contribution in [-0.2, 0) is 4.79 Å². The number of nitrogen functional groups attached to an aromatic ring is 1. The predicted molar refractivity (Wildman–Crippen MR) is 45.9 cm³/mol. The smallest absolute Gasteiger partial charge is 0.142 e. The van der Waals surface area contributed by atoms with Crippen molar-refractivity contribution in [1.82, 2.24) is 0 Å². The van der Waals surface area contributed by atoms with E-state index in [1.54, 1.807) is 0 Å². The van der Waals surface area contributed by atoms with Gasteiger partial charge in [-0.05, 0) is 24.3 Å². The van der Waals surface area contributed by atoms with E-state index in [2.05, 4.69) is 0 Å². The summed E-state index contributed by atoms with van der Waals surface area (Å²) in [5.74, 6) is -1.56. The number of rotatable bonds is 2. The van der Waals surface area contributed by atoms with Crippen molar-refractivity contribution >= 4 is 18.0 Å². The number of hydrogen-bond acceptors (Lipinski definition) is 2. The van der Waals surface area contributed by atoms with E-state index in [1.165, 1.54) is 0 Å². The number of anilines is 1. The molecule has 0 unspecified atom stereocenters. The van der Waals surface area contributed by atoms with E-state index in [1.807, 2.05) is 0 Å². The summed E-state index contributed by atoms with van der Waals surface area (Å²) in [6.07, 6.45) is 2.50. The summed E-state index contributed by atoms with van der Waals surface area (Å²) >= 11 is 0. The Hall–Kier alpha value is -1.71. The molecule has 0 amide bonds. The first-order valence-electron chi connectivity index (χ1n) is 3.51. The number of carbonyl (C=O) groups excluding carboxylic acids is 1. The van der Waals surface area contributed by atoms with Gasteiger partial charge in [0.2, 0.25) is 0 Å². The average molecular weight is 183 g/mol. The normalized spacial score (nSPS) is 10.6. The van der Waals surface area contributed by atoms with Crippen LogP contribution in [0.3, 0.4) is 0 Å². The van der Waals surface area contributed by atoms with Gasteiger partial charge in [-0.3, -0.25) is 4.79 Å². The maximum atomic E-state index is 12.9. The summed E-state index contributed by atoms with van der Waals surface area (Å²) < 4.78 is 25.9. The largest absolute Gasteiger partial charge is 0.399 e. The Kier molecular flexibility index (Phi) is 2.74. The second-order valence-corrected chi connectivity index (χ2v) is 2.39. The van der Waals surface area contributed by atoms with E-state index in [0.717, 1.165) is 24.3 Å². The van der Waals surface area contributed by atoms with Crippen molar-refractivity contribution in [3.05, 3.63) is 35.4 Å².